The number of para-hydroxylation sites is 1. The highest BCUT2D eigenvalue weighted by Gasteiger charge is 2.43. The largest absolute Gasteiger partial charge is 0.507 e. The summed E-state index contributed by atoms with van der Waals surface area (Å²) in [5.74, 6) is 2.88. The fourth-order valence-electron chi connectivity index (χ4n) is 3.79. The fraction of sp³-hybridized carbons (Fsp3) is 0.562. The lowest BCUT2D eigenvalue weighted by Gasteiger charge is -2.23. The van der Waals surface area contributed by atoms with Crippen LogP contribution in [0, 0.1) is 24.7 Å². The molecule has 1 aromatic rings. The van der Waals surface area contributed by atoms with E-state index in [1.54, 1.807) is 0 Å². The molecule has 0 amide bonds. The summed E-state index contributed by atoms with van der Waals surface area (Å²) in [5.41, 5.74) is 1.77. The predicted octanol–water partition coefficient (Wildman–Crippen LogP) is 3.55. The molecule has 0 spiro atoms. The van der Waals surface area contributed by atoms with E-state index in [1.165, 1.54) is 19.3 Å². The van der Waals surface area contributed by atoms with E-state index >= 15 is 0 Å². The molecule has 0 radical (unpaired) electrons. The Balaban J connectivity index is 1.77. The molecule has 0 saturated heterocycles. The minimum absolute atomic E-state index is 0.373. The molecule has 3 rings (SSSR count). The number of phenols is 1. The molecular formula is C16H21NO. The second-order valence-corrected chi connectivity index (χ2v) is 6.07. The molecule has 2 aliphatic carbocycles. The maximum atomic E-state index is 9.96. The van der Waals surface area contributed by atoms with Gasteiger partial charge in [0.05, 0.1) is 6.04 Å². The molecule has 2 heteroatoms. The van der Waals surface area contributed by atoms with E-state index in [0.29, 0.717) is 11.8 Å². The van der Waals surface area contributed by atoms with Gasteiger partial charge in [0.2, 0.25) is 0 Å². The molecule has 2 aliphatic rings. The summed E-state index contributed by atoms with van der Waals surface area (Å²) in [6, 6.07) is 6.31. The summed E-state index contributed by atoms with van der Waals surface area (Å²) in [6.07, 6.45) is 5.88. The molecule has 2 bridgehead atoms. The van der Waals surface area contributed by atoms with E-state index in [0.717, 1.165) is 28.9 Å². The minimum Gasteiger partial charge on any atom is -0.507 e. The van der Waals surface area contributed by atoms with Crippen molar-refractivity contribution >= 4 is 6.21 Å². The van der Waals surface area contributed by atoms with Crippen LogP contribution in [0.15, 0.2) is 23.2 Å². The summed E-state index contributed by atoms with van der Waals surface area (Å²) in [6.45, 7) is 4.28. The molecule has 2 fully saturated rings. The lowest BCUT2D eigenvalue weighted by molar-refractivity contribution is 0.320. The molecule has 4 atom stereocenters. The zero-order valence-corrected chi connectivity index (χ0v) is 11.1. The van der Waals surface area contributed by atoms with Gasteiger partial charge in [0.15, 0.2) is 0 Å². The number of phenolic OH excluding ortho intramolecular Hbond substituents is 1. The molecule has 1 aromatic carbocycles. The van der Waals surface area contributed by atoms with Gasteiger partial charge >= 0.3 is 0 Å². The molecule has 0 heterocycles. The van der Waals surface area contributed by atoms with Gasteiger partial charge in [0.25, 0.3) is 0 Å². The Bertz CT molecular complexity index is 480. The van der Waals surface area contributed by atoms with E-state index < -0.39 is 0 Å². The lowest BCUT2D eigenvalue weighted by atomic mass is 9.87. The van der Waals surface area contributed by atoms with Gasteiger partial charge in [-0.05, 0) is 55.6 Å². The molecule has 1 N–H and O–H groups in total. The average Bonchev–Trinajstić information content (AvgIpc) is 2.89. The molecule has 96 valence electrons. The van der Waals surface area contributed by atoms with Crippen LogP contribution in [-0.2, 0) is 0 Å². The number of hydrogen-bond donors (Lipinski definition) is 1. The maximum Gasteiger partial charge on any atom is 0.127 e. The molecule has 18 heavy (non-hydrogen) atoms. The first-order valence-corrected chi connectivity index (χ1v) is 6.97. The molecule has 4 unspecified atom stereocenters. The number of aliphatic imine (C=N–C) groups is 1. The van der Waals surface area contributed by atoms with Crippen molar-refractivity contribution < 1.29 is 5.11 Å². The predicted molar refractivity (Wildman–Crippen MR) is 74.2 cm³/mol. The topological polar surface area (TPSA) is 32.6 Å². The van der Waals surface area contributed by atoms with Gasteiger partial charge < -0.3 is 5.11 Å². The molecule has 2 nitrogen and oxygen atoms in total. The lowest BCUT2D eigenvalue weighted by Crippen LogP contribution is -2.21. The summed E-state index contributed by atoms with van der Waals surface area (Å²) >= 11 is 0. The van der Waals surface area contributed by atoms with Crippen molar-refractivity contribution in [1.82, 2.24) is 0 Å². The van der Waals surface area contributed by atoms with Gasteiger partial charge in [-0.3, -0.25) is 4.99 Å². The van der Waals surface area contributed by atoms with Crippen LogP contribution in [0.5, 0.6) is 5.75 Å². The Morgan fingerprint density at radius 2 is 2.11 bits per heavy atom. The van der Waals surface area contributed by atoms with Crippen molar-refractivity contribution in [2.24, 2.45) is 22.7 Å². The van der Waals surface area contributed by atoms with Crippen LogP contribution in [0.25, 0.3) is 0 Å². The van der Waals surface area contributed by atoms with Crippen LogP contribution < -0.4 is 0 Å². The standard InChI is InChI=1S/C16H21NO/c1-10-4-3-5-13(16(10)18)9-17-15-8-12-6-11(2)14(15)7-12/h3-5,9,11-12,14-15,18H,6-8H2,1-2H3. The summed E-state index contributed by atoms with van der Waals surface area (Å²) in [4.78, 5) is 4.74. The SMILES string of the molecule is Cc1cccc(C=NC2CC3CC(C)C2C3)c1O. The first-order chi connectivity index (χ1) is 8.65. The molecule has 2 saturated carbocycles. The number of hydrogen-bond acceptors (Lipinski definition) is 2. The van der Waals surface area contributed by atoms with Crippen molar-refractivity contribution in [2.75, 3.05) is 0 Å². The minimum atomic E-state index is 0.373. The fourth-order valence-corrected chi connectivity index (χ4v) is 3.79. The summed E-state index contributed by atoms with van der Waals surface area (Å²) in [5, 5.41) is 9.96. The number of aromatic hydroxyl groups is 1. The zero-order valence-electron chi connectivity index (χ0n) is 11.1. The van der Waals surface area contributed by atoms with Crippen LogP contribution in [0.4, 0.5) is 0 Å². The summed E-state index contributed by atoms with van der Waals surface area (Å²) < 4.78 is 0. The maximum absolute atomic E-state index is 9.96. The Morgan fingerprint density at radius 3 is 2.83 bits per heavy atom. The summed E-state index contributed by atoms with van der Waals surface area (Å²) in [7, 11) is 0. The Morgan fingerprint density at radius 1 is 1.28 bits per heavy atom. The number of benzene rings is 1. The van der Waals surface area contributed by atoms with Gasteiger partial charge in [0.1, 0.15) is 5.75 Å². The van der Waals surface area contributed by atoms with E-state index in [9.17, 15) is 5.11 Å². The highest BCUT2D eigenvalue weighted by atomic mass is 16.3. The zero-order chi connectivity index (χ0) is 12.7. The van der Waals surface area contributed by atoms with Crippen LogP contribution in [0.1, 0.15) is 37.3 Å². The Hall–Kier alpha value is -1.31. The van der Waals surface area contributed by atoms with Crippen LogP contribution in [0.3, 0.4) is 0 Å². The first-order valence-electron chi connectivity index (χ1n) is 6.97. The van der Waals surface area contributed by atoms with Gasteiger partial charge in [-0.2, -0.15) is 0 Å². The average molecular weight is 243 g/mol. The third-order valence-corrected chi connectivity index (χ3v) is 4.78. The molecule has 0 aliphatic heterocycles. The van der Waals surface area contributed by atoms with Crippen molar-refractivity contribution in [3.8, 4) is 5.75 Å². The second kappa shape index (κ2) is 4.42. The van der Waals surface area contributed by atoms with E-state index in [1.807, 2.05) is 31.3 Å². The van der Waals surface area contributed by atoms with Gasteiger partial charge in [0, 0.05) is 11.8 Å². The number of fused-ring (bicyclic) bond motifs is 2. The van der Waals surface area contributed by atoms with E-state index in [-0.39, 0.29) is 0 Å². The number of rotatable bonds is 2. The van der Waals surface area contributed by atoms with Gasteiger partial charge in [-0.25, -0.2) is 0 Å². The molecular weight excluding hydrogens is 222 g/mol. The van der Waals surface area contributed by atoms with Gasteiger partial charge in [-0.15, -0.1) is 0 Å². The first kappa shape index (κ1) is 11.8. The van der Waals surface area contributed by atoms with Crippen LogP contribution in [-0.4, -0.2) is 17.4 Å². The van der Waals surface area contributed by atoms with Crippen molar-refractivity contribution in [1.29, 1.82) is 0 Å². The van der Waals surface area contributed by atoms with Crippen molar-refractivity contribution in [3.63, 3.8) is 0 Å². The van der Waals surface area contributed by atoms with E-state index in [2.05, 4.69) is 6.92 Å². The Kier molecular flexibility index (Phi) is 2.89. The second-order valence-electron chi connectivity index (χ2n) is 6.07. The Labute approximate surface area is 109 Å². The number of aryl methyl sites for hydroxylation is 1. The van der Waals surface area contributed by atoms with Crippen LogP contribution >= 0.6 is 0 Å². The smallest absolute Gasteiger partial charge is 0.127 e. The normalized spacial score (nSPS) is 34.6. The monoisotopic (exact) mass is 243 g/mol. The van der Waals surface area contributed by atoms with E-state index in [4.69, 9.17) is 4.99 Å². The number of nitrogens with zero attached hydrogens (tertiary/aromatic N) is 1. The highest BCUT2D eigenvalue weighted by molar-refractivity contribution is 5.84. The third kappa shape index (κ3) is 1.94. The highest BCUT2D eigenvalue weighted by Crippen LogP contribution is 2.49. The van der Waals surface area contributed by atoms with Crippen LogP contribution in [0.2, 0.25) is 0 Å². The van der Waals surface area contributed by atoms with Gasteiger partial charge in [-0.1, -0.05) is 19.1 Å². The quantitative estimate of drug-likeness (QED) is 0.791. The molecule has 0 aromatic heterocycles. The van der Waals surface area contributed by atoms with Crippen molar-refractivity contribution in [3.05, 3.63) is 29.3 Å². The van der Waals surface area contributed by atoms with Crippen molar-refractivity contribution in [2.45, 2.75) is 39.2 Å². The third-order valence-electron chi connectivity index (χ3n) is 4.78.